The third-order valence-electron chi connectivity index (χ3n) is 3.75. The first-order valence-electron chi connectivity index (χ1n) is 8.52. The van der Waals surface area contributed by atoms with Gasteiger partial charge in [-0.3, -0.25) is 0 Å². The first kappa shape index (κ1) is 19.7. The lowest BCUT2D eigenvalue weighted by Crippen LogP contribution is -2.32. The molecule has 0 saturated carbocycles. The zero-order valence-corrected chi connectivity index (χ0v) is 16.1. The standard InChI is InChI=1S/C20H24N2O3S/c1-4-24-19(23)17-6-5-7-18(15(17)3)22-20(26)21-12-13-25-16-10-8-14(2)9-11-16/h5-11H,4,12-13H2,1-3H3,(H2,21,22,26). The predicted molar refractivity (Wildman–Crippen MR) is 108 cm³/mol. The van der Waals surface area contributed by atoms with Gasteiger partial charge in [-0.15, -0.1) is 0 Å². The van der Waals surface area contributed by atoms with Gasteiger partial charge in [0.1, 0.15) is 12.4 Å². The number of rotatable bonds is 7. The van der Waals surface area contributed by atoms with Crippen molar-refractivity contribution in [2.24, 2.45) is 0 Å². The summed E-state index contributed by atoms with van der Waals surface area (Å²) < 4.78 is 10.7. The molecule has 0 aliphatic heterocycles. The molecule has 0 radical (unpaired) electrons. The molecule has 26 heavy (non-hydrogen) atoms. The van der Waals surface area contributed by atoms with Crippen molar-refractivity contribution >= 4 is 29.0 Å². The van der Waals surface area contributed by atoms with Crippen LogP contribution >= 0.6 is 12.2 Å². The van der Waals surface area contributed by atoms with E-state index in [2.05, 4.69) is 10.6 Å². The molecule has 0 amide bonds. The third-order valence-corrected chi connectivity index (χ3v) is 4.00. The molecule has 0 aliphatic rings. The lowest BCUT2D eigenvalue weighted by Gasteiger charge is -2.15. The average molecular weight is 372 g/mol. The first-order valence-corrected chi connectivity index (χ1v) is 8.93. The van der Waals surface area contributed by atoms with Crippen molar-refractivity contribution < 1.29 is 14.3 Å². The second-order valence-corrected chi connectivity index (χ2v) is 6.15. The monoisotopic (exact) mass is 372 g/mol. The van der Waals surface area contributed by atoms with Gasteiger partial charge in [0.25, 0.3) is 0 Å². The van der Waals surface area contributed by atoms with Crippen LogP contribution < -0.4 is 15.4 Å². The highest BCUT2D eigenvalue weighted by atomic mass is 32.1. The molecule has 0 atom stereocenters. The van der Waals surface area contributed by atoms with E-state index < -0.39 is 0 Å². The molecular weight excluding hydrogens is 348 g/mol. The molecule has 2 aromatic rings. The molecule has 0 heterocycles. The van der Waals surface area contributed by atoms with E-state index in [1.165, 1.54) is 5.56 Å². The number of nitrogens with one attached hydrogen (secondary N) is 2. The molecule has 138 valence electrons. The van der Waals surface area contributed by atoms with Gasteiger partial charge in [0.2, 0.25) is 0 Å². The zero-order chi connectivity index (χ0) is 18.9. The maximum absolute atomic E-state index is 12.0. The summed E-state index contributed by atoms with van der Waals surface area (Å²) >= 11 is 5.31. The van der Waals surface area contributed by atoms with E-state index in [9.17, 15) is 4.79 Å². The Kier molecular flexibility index (Phi) is 7.41. The molecule has 0 spiro atoms. The molecule has 0 unspecified atom stereocenters. The van der Waals surface area contributed by atoms with Crippen LogP contribution in [0.1, 0.15) is 28.4 Å². The normalized spacial score (nSPS) is 10.1. The lowest BCUT2D eigenvalue weighted by atomic mass is 10.1. The van der Waals surface area contributed by atoms with E-state index >= 15 is 0 Å². The quantitative estimate of drug-likeness (QED) is 0.437. The summed E-state index contributed by atoms with van der Waals surface area (Å²) in [5, 5.41) is 6.68. The minimum absolute atomic E-state index is 0.334. The van der Waals surface area contributed by atoms with Gasteiger partial charge in [-0.05, 0) is 62.8 Å². The number of anilines is 1. The maximum atomic E-state index is 12.0. The van der Waals surface area contributed by atoms with Crippen molar-refractivity contribution in [2.75, 3.05) is 25.1 Å². The van der Waals surface area contributed by atoms with Crippen LogP contribution in [0.15, 0.2) is 42.5 Å². The van der Waals surface area contributed by atoms with Crippen LogP contribution in [-0.4, -0.2) is 30.8 Å². The number of hydrogen-bond acceptors (Lipinski definition) is 4. The minimum atomic E-state index is -0.334. The van der Waals surface area contributed by atoms with Gasteiger partial charge in [0.15, 0.2) is 5.11 Å². The molecule has 0 aromatic heterocycles. The van der Waals surface area contributed by atoms with Crippen molar-refractivity contribution in [1.29, 1.82) is 0 Å². The van der Waals surface area contributed by atoms with Crippen LogP contribution in [0.25, 0.3) is 0 Å². The van der Waals surface area contributed by atoms with Crippen molar-refractivity contribution in [1.82, 2.24) is 5.32 Å². The van der Waals surface area contributed by atoms with E-state index in [0.717, 1.165) is 17.0 Å². The summed E-state index contributed by atoms with van der Waals surface area (Å²) in [5.74, 6) is 0.494. The summed E-state index contributed by atoms with van der Waals surface area (Å²) in [5.41, 5.74) is 3.29. The highest BCUT2D eigenvalue weighted by molar-refractivity contribution is 7.80. The number of carbonyl (C=O) groups excluding carboxylic acids is 1. The predicted octanol–water partition coefficient (Wildman–Crippen LogP) is 3.85. The van der Waals surface area contributed by atoms with Crippen LogP contribution in [0.3, 0.4) is 0 Å². The highest BCUT2D eigenvalue weighted by Crippen LogP contribution is 2.19. The van der Waals surface area contributed by atoms with Gasteiger partial charge >= 0.3 is 5.97 Å². The SMILES string of the molecule is CCOC(=O)c1cccc(NC(=S)NCCOc2ccc(C)cc2)c1C. The van der Waals surface area contributed by atoms with Gasteiger partial charge in [-0.1, -0.05) is 23.8 Å². The first-order chi connectivity index (χ1) is 12.5. The number of hydrogen-bond donors (Lipinski definition) is 2. The Morgan fingerprint density at radius 1 is 1.12 bits per heavy atom. The van der Waals surface area contributed by atoms with Gasteiger partial charge in [0, 0.05) is 5.69 Å². The third kappa shape index (κ3) is 5.74. The highest BCUT2D eigenvalue weighted by Gasteiger charge is 2.13. The lowest BCUT2D eigenvalue weighted by molar-refractivity contribution is 0.0525. The van der Waals surface area contributed by atoms with Crippen molar-refractivity contribution in [2.45, 2.75) is 20.8 Å². The fourth-order valence-electron chi connectivity index (χ4n) is 2.34. The van der Waals surface area contributed by atoms with Crippen LogP contribution in [0.4, 0.5) is 5.69 Å². The Bertz CT molecular complexity index is 760. The molecule has 0 bridgehead atoms. The van der Waals surface area contributed by atoms with Crippen molar-refractivity contribution in [3.05, 3.63) is 59.2 Å². The van der Waals surface area contributed by atoms with Crippen LogP contribution in [0, 0.1) is 13.8 Å². The van der Waals surface area contributed by atoms with E-state index in [0.29, 0.717) is 30.4 Å². The summed E-state index contributed by atoms with van der Waals surface area (Å²) in [6, 6.07) is 13.3. The van der Waals surface area contributed by atoms with Gasteiger partial charge in [0.05, 0.1) is 18.7 Å². The topological polar surface area (TPSA) is 59.6 Å². The van der Waals surface area contributed by atoms with Crippen LogP contribution in [-0.2, 0) is 4.74 Å². The molecule has 0 fully saturated rings. The fourth-order valence-corrected chi connectivity index (χ4v) is 2.55. The Morgan fingerprint density at radius 3 is 2.54 bits per heavy atom. The maximum Gasteiger partial charge on any atom is 0.338 e. The largest absolute Gasteiger partial charge is 0.492 e. The summed E-state index contributed by atoms with van der Waals surface area (Å²) in [4.78, 5) is 12.0. The molecule has 2 N–H and O–H groups in total. The summed E-state index contributed by atoms with van der Waals surface area (Å²) in [6.07, 6.45) is 0. The fraction of sp³-hybridized carbons (Fsp3) is 0.300. The molecule has 6 heteroatoms. The Balaban J connectivity index is 1.83. The van der Waals surface area contributed by atoms with E-state index in [1.807, 2.05) is 44.2 Å². The zero-order valence-electron chi connectivity index (χ0n) is 15.3. The number of benzene rings is 2. The average Bonchev–Trinajstić information content (AvgIpc) is 2.62. The molecule has 0 aliphatic carbocycles. The Morgan fingerprint density at radius 2 is 1.85 bits per heavy atom. The molecule has 2 aromatic carbocycles. The molecule has 2 rings (SSSR count). The molecule has 0 saturated heterocycles. The Hall–Kier alpha value is -2.60. The number of aryl methyl sites for hydroxylation is 1. The van der Waals surface area contributed by atoms with Crippen LogP contribution in [0.2, 0.25) is 0 Å². The second kappa shape index (κ2) is 9.77. The van der Waals surface area contributed by atoms with Crippen LogP contribution in [0.5, 0.6) is 5.75 Å². The number of ether oxygens (including phenoxy) is 2. The number of thiocarbonyl (C=S) groups is 1. The van der Waals surface area contributed by atoms with Crippen molar-refractivity contribution in [3.63, 3.8) is 0 Å². The summed E-state index contributed by atoms with van der Waals surface area (Å²) in [7, 11) is 0. The number of esters is 1. The van der Waals surface area contributed by atoms with E-state index in [4.69, 9.17) is 21.7 Å². The van der Waals surface area contributed by atoms with Gasteiger partial charge in [-0.25, -0.2) is 4.79 Å². The van der Waals surface area contributed by atoms with E-state index in [1.54, 1.807) is 19.1 Å². The smallest absolute Gasteiger partial charge is 0.338 e. The van der Waals surface area contributed by atoms with Crippen molar-refractivity contribution in [3.8, 4) is 5.75 Å². The summed E-state index contributed by atoms with van der Waals surface area (Å²) in [6.45, 7) is 7.08. The molecular formula is C20H24N2O3S. The Labute approximate surface area is 159 Å². The molecule has 5 nitrogen and oxygen atoms in total. The van der Waals surface area contributed by atoms with E-state index in [-0.39, 0.29) is 5.97 Å². The second-order valence-electron chi connectivity index (χ2n) is 5.74. The van der Waals surface area contributed by atoms with Gasteiger partial charge in [-0.2, -0.15) is 0 Å². The minimum Gasteiger partial charge on any atom is -0.492 e. The number of carbonyl (C=O) groups is 1. The van der Waals surface area contributed by atoms with Gasteiger partial charge < -0.3 is 20.1 Å².